The quantitative estimate of drug-likeness (QED) is 0.809. The Morgan fingerprint density at radius 1 is 1.43 bits per heavy atom. The lowest BCUT2D eigenvalue weighted by molar-refractivity contribution is 0.0420. The van der Waals surface area contributed by atoms with E-state index in [9.17, 15) is 9.90 Å². The number of benzene rings is 1. The molecule has 112 valence electrons. The predicted octanol–water partition coefficient (Wildman–Crippen LogP) is 1.57. The number of aromatic hydroxyl groups is 1. The summed E-state index contributed by atoms with van der Waals surface area (Å²) in [5.74, 6) is 0.145. The number of phenols is 1. The van der Waals surface area contributed by atoms with Crippen molar-refractivity contribution in [3.05, 3.63) is 29.8 Å². The van der Waals surface area contributed by atoms with Gasteiger partial charge in [0.1, 0.15) is 6.23 Å². The highest BCUT2D eigenvalue weighted by Crippen LogP contribution is 2.38. The highest BCUT2D eigenvalue weighted by molar-refractivity contribution is 6.02. The van der Waals surface area contributed by atoms with Gasteiger partial charge in [-0.3, -0.25) is 4.79 Å². The molecule has 1 aromatic carbocycles. The van der Waals surface area contributed by atoms with Crippen molar-refractivity contribution in [3.63, 3.8) is 0 Å². The molecule has 0 radical (unpaired) electrons. The molecule has 6 heteroatoms. The van der Waals surface area contributed by atoms with Gasteiger partial charge in [0.2, 0.25) is 0 Å². The van der Waals surface area contributed by atoms with Crippen LogP contribution in [-0.4, -0.2) is 48.9 Å². The monoisotopic (exact) mass is 290 g/mol. The minimum Gasteiger partial charge on any atom is -0.504 e. The van der Waals surface area contributed by atoms with Crippen molar-refractivity contribution in [2.75, 3.05) is 26.1 Å². The fourth-order valence-electron chi connectivity index (χ4n) is 2.97. The van der Waals surface area contributed by atoms with Crippen molar-refractivity contribution < 1.29 is 19.4 Å². The van der Waals surface area contributed by atoms with Crippen LogP contribution in [0.3, 0.4) is 0 Å². The van der Waals surface area contributed by atoms with Crippen molar-refractivity contribution in [1.82, 2.24) is 4.90 Å². The second-order valence-corrected chi connectivity index (χ2v) is 5.32. The van der Waals surface area contributed by atoms with Crippen LogP contribution in [0.1, 0.15) is 16.8 Å². The summed E-state index contributed by atoms with van der Waals surface area (Å²) in [4.78, 5) is 14.5. The van der Waals surface area contributed by atoms with E-state index in [4.69, 9.17) is 9.47 Å². The molecule has 0 bridgehead atoms. The van der Waals surface area contributed by atoms with E-state index in [0.717, 1.165) is 5.57 Å². The van der Waals surface area contributed by atoms with Gasteiger partial charge in [-0.05, 0) is 12.5 Å². The van der Waals surface area contributed by atoms with Crippen molar-refractivity contribution in [2.45, 2.75) is 18.7 Å². The molecule has 0 aromatic heterocycles. The van der Waals surface area contributed by atoms with Crippen LogP contribution in [0.25, 0.3) is 0 Å². The second kappa shape index (κ2) is 4.96. The van der Waals surface area contributed by atoms with Gasteiger partial charge >= 0.3 is 0 Å². The largest absolute Gasteiger partial charge is 0.504 e. The van der Waals surface area contributed by atoms with Crippen molar-refractivity contribution in [2.24, 2.45) is 0 Å². The standard InChI is InChI=1S/C15H18N2O4/c1-8-4-11-14(21-3)16-10-6-12(18)13(20-2)5-9(10)15(19)17(11)7-8/h5-6,11,14,16,18H,1,4,7H2,2-3H3/t11-,14-/m0/s1. The van der Waals surface area contributed by atoms with E-state index < -0.39 is 0 Å². The Balaban J connectivity index is 2.10. The number of rotatable bonds is 2. The normalized spacial score (nSPS) is 24.2. The lowest BCUT2D eigenvalue weighted by Crippen LogP contribution is -2.44. The van der Waals surface area contributed by atoms with Crippen LogP contribution in [0, 0.1) is 0 Å². The maximum absolute atomic E-state index is 12.8. The number of phenolic OH excluding ortho intramolecular Hbond substituents is 1. The van der Waals surface area contributed by atoms with Crippen LogP contribution >= 0.6 is 0 Å². The van der Waals surface area contributed by atoms with E-state index in [1.165, 1.54) is 13.2 Å². The molecule has 6 nitrogen and oxygen atoms in total. The summed E-state index contributed by atoms with van der Waals surface area (Å²) >= 11 is 0. The molecule has 2 heterocycles. The second-order valence-electron chi connectivity index (χ2n) is 5.32. The van der Waals surface area contributed by atoms with E-state index in [1.807, 2.05) is 0 Å². The fraction of sp³-hybridized carbons (Fsp3) is 0.400. The summed E-state index contributed by atoms with van der Waals surface area (Å²) < 4.78 is 10.6. The van der Waals surface area contributed by atoms with Gasteiger partial charge < -0.3 is 24.8 Å². The number of anilines is 1. The topological polar surface area (TPSA) is 71.0 Å². The zero-order valence-electron chi connectivity index (χ0n) is 12.0. The molecule has 0 unspecified atom stereocenters. The van der Waals surface area contributed by atoms with Crippen LogP contribution in [0.4, 0.5) is 5.69 Å². The third-order valence-corrected chi connectivity index (χ3v) is 4.00. The Morgan fingerprint density at radius 3 is 2.86 bits per heavy atom. The molecule has 0 aliphatic carbocycles. The molecule has 2 aliphatic rings. The number of carbonyl (C=O) groups excluding carboxylic acids is 1. The molecule has 1 aromatic rings. The van der Waals surface area contributed by atoms with Crippen molar-refractivity contribution >= 4 is 11.6 Å². The molecule has 1 amide bonds. The Labute approximate surface area is 123 Å². The van der Waals surface area contributed by atoms with Gasteiger partial charge in [-0.15, -0.1) is 0 Å². The van der Waals surface area contributed by atoms with Gasteiger partial charge in [-0.1, -0.05) is 12.2 Å². The maximum Gasteiger partial charge on any atom is 0.256 e. The maximum atomic E-state index is 12.8. The van der Waals surface area contributed by atoms with Gasteiger partial charge in [0.15, 0.2) is 11.5 Å². The third kappa shape index (κ3) is 2.12. The number of methoxy groups -OCH3 is 2. The zero-order valence-corrected chi connectivity index (χ0v) is 12.0. The number of hydrogen-bond acceptors (Lipinski definition) is 5. The number of amides is 1. The molecular formula is C15H18N2O4. The average Bonchev–Trinajstić information content (AvgIpc) is 2.81. The molecule has 21 heavy (non-hydrogen) atoms. The molecule has 3 rings (SSSR count). The Bertz CT molecular complexity index is 614. The number of carbonyl (C=O) groups is 1. The third-order valence-electron chi connectivity index (χ3n) is 4.00. The average molecular weight is 290 g/mol. The number of fused-ring (bicyclic) bond motifs is 2. The smallest absolute Gasteiger partial charge is 0.256 e. The lowest BCUT2D eigenvalue weighted by Gasteiger charge is -2.27. The van der Waals surface area contributed by atoms with Gasteiger partial charge in [0.25, 0.3) is 5.91 Å². The summed E-state index contributed by atoms with van der Waals surface area (Å²) in [6.45, 7) is 4.50. The number of hydrogen-bond donors (Lipinski definition) is 2. The van der Waals surface area contributed by atoms with Crippen LogP contribution in [0.2, 0.25) is 0 Å². The Morgan fingerprint density at radius 2 is 2.19 bits per heavy atom. The van der Waals surface area contributed by atoms with E-state index in [2.05, 4.69) is 11.9 Å². The van der Waals surface area contributed by atoms with Crippen LogP contribution in [0.15, 0.2) is 24.3 Å². The molecule has 2 atom stereocenters. The minimum atomic E-state index is -0.345. The molecule has 2 aliphatic heterocycles. The first kappa shape index (κ1) is 13.8. The summed E-state index contributed by atoms with van der Waals surface area (Å²) in [6, 6.07) is 2.95. The first-order valence-corrected chi connectivity index (χ1v) is 6.73. The predicted molar refractivity (Wildman–Crippen MR) is 77.7 cm³/mol. The van der Waals surface area contributed by atoms with Crippen LogP contribution in [0.5, 0.6) is 11.5 Å². The summed E-state index contributed by atoms with van der Waals surface area (Å²) in [6.07, 6.45) is 0.358. The molecule has 1 fully saturated rings. The summed E-state index contributed by atoms with van der Waals surface area (Å²) in [5, 5.41) is 13.1. The molecular weight excluding hydrogens is 272 g/mol. The van der Waals surface area contributed by atoms with Gasteiger partial charge in [-0.2, -0.15) is 0 Å². The number of ether oxygens (including phenoxy) is 2. The van der Waals surface area contributed by atoms with Gasteiger partial charge in [0.05, 0.1) is 24.4 Å². The number of nitrogens with one attached hydrogen (secondary N) is 1. The summed E-state index contributed by atoms with van der Waals surface area (Å²) in [7, 11) is 3.05. The zero-order chi connectivity index (χ0) is 15.1. The Kier molecular flexibility index (Phi) is 3.25. The molecule has 1 saturated heterocycles. The lowest BCUT2D eigenvalue weighted by atomic mass is 10.1. The molecule has 0 saturated carbocycles. The summed E-state index contributed by atoms with van der Waals surface area (Å²) in [5.41, 5.74) is 2.01. The van der Waals surface area contributed by atoms with Crippen LogP contribution in [-0.2, 0) is 4.74 Å². The van der Waals surface area contributed by atoms with E-state index in [1.54, 1.807) is 18.1 Å². The first-order chi connectivity index (χ1) is 10.0. The molecule has 0 spiro atoms. The van der Waals surface area contributed by atoms with E-state index >= 15 is 0 Å². The SMILES string of the molecule is C=C1C[C@H]2[C@H](OC)Nc3cc(O)c(OC)cc3C(=O)N2C1. The highest BCUT2D eigenvalue weighted by atomic mass is 16.5. The van der Waals surface area contributed by atoms with E-state index in [0.29, 0.717) is 24.2 Å². The first-order valence-electron chi connectivity index (χ1n) is 6.73. The van der Waals surface area contributed by atoms with Crippen molar-refractivity contribution in [3.8, 4) is 11.5 Å². The van der Waals surface area contributed by atoms with Crippen LogP contribution < -0.4 is 10.1 Å². The number of nitrogens with zero attached hydrogens (tertiary/aromatic N) is 1. The Hall–Kier alpha value is -2.21. The minimum absolute atomic E-state index is 0.0159. The highest BCUT2D eigenvalue weighted by Gasteiger charge is 2.41. The van der Waals surface area contributed by atoms with Gasteiger partial charge in [-0.25, -0.2) is 0 Å². The molecule has 2 N–H and O–H groups in total. The van der Waals surface area contributed by atoms with Gasteiger partial charge in [0, 0.05) is 19.7 Å². The van der Waals surface area contributed by atoms with Crippen molar-refractivity contribution in [1.29, 1.82) is 0 Å². The van der Waals surface area contributed by atoms with E-state index in [-0.39, 0.29) is 29.7 Å². The fourth-order valence-corrected chi connectivity index (χ4v) is 2.97.